The van der Waals surface area contributed by atoms with Gasteiger partial charge in [-0.25, -0.2) is 5.06 Å². The van der Waals surface area contributed by atoms with Gasteiger partial charge in [-0.3, -0.25) is 4.84 Å². The van der Waals surface area contributed by atoms with E-state index in [9.17, 15) is 0 Å². The largest absolute Gasteiger partial charge is 0.357 e. The fourth-order valence-corrected chi connectivity index (χ4v) is 0.986. The van der Waals surface area contributed by atoms with Gasteiger partial charge in [-0.15, -0.1) is 0 Å². The van der Waals surface area contributed by atoms with Crippen molar-refractivity contribution in [2.75, 3.05) is 13.7 Å². The number of hydrogen-bond donors (Lipinski definition) is 0. The van der Waals surface area contributed by atoms with Gasteiger partial charge in [-0.05, 0) is 13.8 Å². The summed E-state index contributed by atoms with van der Waals surface area (Å²) in [7, 11) is 2.03. The maximum atomic E-state index is 7.83. The molecule has 0 aromatic rings. The summed E-state index contributed by atoms with van der Waals surface area (Å²) in [5.41, 5.74) is 0. The molecule has 0 fully saturated rings. The highest BCUT2D eigenvalue weighted by molar-refractivity contribution is 5.11. The lowest BCUT2D eigenvalue weighted by atomic mass is 10.2. The van der Waals surface area contributed by atoms with Gasteiger partial charge in [0.25, 0.3) is 0 Å². The van der Waals surface area contributed by atoms with Gasteiger partial charge in [0.05, 0.1) is 24.8 Å². The predicted molar refractivity (Wildman–Crippen MR) is 60.2 cm³/mol. The predicted octanol–water partition coefficient (Wildman–Crippen LogP) is 1.18. The van der Waals surface area contributed by atoms with Gasteiger partial charge in [0, 0.05) is 19.4 Å². The zero-order valence-electron chi connectivity index (χ0n) is 10.2. The van der Waals surface area contributed by atoms with Crippen LogP contribution in [0.3, 0.4) is 0 Å². The highest BCUT2D eigenvalue weighted by atomic mass is 16.7. The van der Waals surface area contributed by atoms with Crippen LogP contribution in [0.25, 0.3) is 0 Å². The molecule has 0 saturated heterocycles. The molecule has 17 heavy (non-hydrogen) atoms. The Morgan fingerprint density at radius 1 is 1.24 bits per heavy atom. The molecular formula is C11H15N5O. The molecule has 0 N–H and O–H groups in total. The molecule has 6 heteroatoms. The van der Waals surface area contributed by atoms with Crippen molar-refractivity contribution in [3.8, 4) is 18.2 Å². The second-order valence-corrected chi connectivity index (χ2v) is 3.19. The van der Waals surface area contributed by atoms with Crippen LogP contribution in [0, 0.1) is 39.9 Å². The summed E-state index contributed by atoms with van der Waals surface area (Å²) in [6.07, 6.45) is 4.27. The Morgan fingerprint density at radius 3 is 2.00 bits per heavy atom. The summed E-state index contributed by atoms with van der Waals surface area (Å²) in [5, 5.41) is 25.3. The van der Waals surface area contributed by atoms with Gasteiger partial charge in [0.15, 0.2) is 0 Å². The van der Waals surface area contributed by atoms with Crippen LogP contribution in [0.15, 0.2) is 12.4 Å². The van der Waals surface area contributed by atoms with Gasteiger partial charge < -0.3 is 4.90 Å². The average molecular weight is 233 g/mol. The Kier molecular flexibility index (Phi) is 6.94. The number of nitriles is 3. The topological polar surface area (TPSA) is 87.1 Å². The van der Waals surface area contributed by atoms with E-state index >= 15 is 0 Å². The molecule has 1 unspecified atom stereocenters. The lowest BCUT2D eigenvalue weighted by Gasteiger charge is -2.25. The summed E-state index contributed by atoms with van der Waals surface area (Å²) in [6.45, 7) is 4.80. The van der Waals surface area contributed by atoms with Gasteiger partial charge in [-0.2, -0.15) is 15.8 Å². The molecule has 1 aliphatic heterocycles. The molecule has 0 spiro atoms. The number of hydrogen-bond acceptors (Lipinski definition) is 6. The van der Waals surface area contributed by atoms with Crippen LogP contribution in [-0.2, 0) is 4.84 Å². The summed E-state index contributed by atoms with van der Waals surface area (Å²) >= 11 is 0. The van der Waals surface area contributed by atoms with Crippen molar-refractivity contribution < 1.29 is 4.84 Å². The Bertz CT molecular complexity index is 340. The van der Waals surface area contributed by atoms with Crippen LogP contribution in [0.4, 0.5) is 0 Å². The molecule has 0 bridgehead atoms. The summed E-state index contributed by atoms with van der Waals surface area (Å²) in [5.74, 6) is -1.10. The van der Waals surface area contributed by atoms with Crippen LogP contribution in [0.1, 0.15) is 13.8 Å². The number of rotatable bonds is 2. The highest BCUT2D eigenvalue weighted by Crippen LogP contribution is 2.12. The van der Waals surface area contributed by atoms with Gasteiger partial charge in [-0.1, -0.05) is 0 Å². The van der Waals surface area contributed by atoms with Crippen LogP contribution >= 0.6 is 0 Å². The van der Waals surface area contributed by atoms with E-state index in [1.165, 1.54) is 18.2 Å². The number of nitrogens with zero attached hydrogens (tertiary/aromatic N) is 5. The Morgan fingerprint density at radius 2 is 1.76 bits per heavy atom. The van der Waals surface area contributed by atoms with Crippen molar-refractivity contribution in [1.29, 1.82) is 15.8 Å². The van der Waals surface area contributed by atoms with Crippen molar-refractivity contribution in [3.05, 3.63) is 12.4 Å². The van der Waals surface area contributed by atoms with Crippen molar-refractivity contribution in [2.24, 2.45) is 5.92 Å². The minimum Gasteiger partial charge on any atom is -0.357 e. The second-order valence-electron chi connectivity index (χ2n) is 3.19. The third-order valence-electron chi connectivity index (χ3n) is 2.07. The summed E-state index contributed by atoms with van der Waals surface area (Å²) < 4.78 is 0. The molecule has 0 aromatic carbocycles. The Hall–Kier alpha value is -2.23. The van der Waals surface area contributed by atoms with Crippen molar-refractivity contribution >= 4 is 0 Å². The normalized spacial score (nSPS) is 16.9. The molecule has 90 valence electrons. The minimum atomic E-state index is -1.10. The van der Waals surface area contributed by atoms with Crippen LogP contribution in [-0.4, -0.2) is 29.8 Å². The van der Waals surface area contributed by atoms with E-state index in [1.807, 2.05) is 31.4 Å². The van der Waals surface area contributed by atoms with Crippen molar-refractivity contribution in [3.63, 3.8) is 0 Å². The van der Waals surface area contributed by atoms with E-state index in [2.05, 4.69) is 11.8 Å². The minimum absolute atomic E-state index is 0.333. The first-order valence-electron chi connectivity index (χ1n) is 5.11. The SMILES string of the molecule is CCON1C=CN(C)C1C.N#CC(C#N)C#N. The molecule has 1 aliphatic rings. The lowest BCUT2D eigenvalue weighted by Crippen LogP contribution is -2.33. The zero-order chi connectivity index (χ0) is 13.3. The fraction of sp³-hybridized carbons (Fsp3) is 0.545. The maximum Gasteiger partial charge on any atom is 0.218 e. The van der Waals surface area contributed by atoms with Crippen LogP contribution in [0.2, 0.25) is 0 Å². The van der Waals surface area contributed by atoms with Crippen LogP contribution in [0.5, 0.6) is 0 Å². The Balaban J connectivity index is 0.000000325. The average Bonchev–Trinajstić information content (AvgIpc) is 2.65. The first-order valence-corrected chi connectivity index (χ1v) is 5.11. The summed E-state index contributed by atoms with van der Waals surface area (Å²) in [4.78, 5) is 7.38. The van der Waals surface area contributed by atoms with Crippen molar-refractivity contribution in [1.82, 2.24) is 9.96 Å². The molecule has 0 radical (unpaired) electrons. The van der Waals surface area contributed by atoms with E-state index in [1.54, 1.807) is 0 Å². The van der Waals surface area contributed by atoms with E-state index in [0.717, 1.165) is 6.61 Å². The molecule has 1 heterocycles. The molecule has 0 aliphatic carbocycles. The molecule has 6 nitrogen and oxygen atoms in total. The molecule has 0 aromatic heterocycles. The Labute approximate surface area is 101 Å². The van der Waals surface area contributed by atoms with Gasteiger partial charge in [0.2, 0.25) is 5.92 Å². The third kappa shape index (κ3) is 4.88. The third-order valence-corrected chi connectivity index (χ3v) is 2.07. The molecule has 0 saturated carbocycles. The second kappa shape index (κ2) is 7.98. The zero-order valence-corrected chi connectivity index (χ0v) is 10.2. The molecular weight excluding hydrogens is 218 g/mol. The molecule has 1 atom stereocenters. The highest BCUT2D eigenvalue weighted by Gasteiger charge is 2.17. The first kappa shape index (κ1) is 14.8. The maximum absolute atomic E-state index is 7.83. The molecule has 1 rings (SSSR count). The standard InChI is InChI=1S/C7H14N2O.C4HN3/c1-4-10-9-6-5-8(3)7(9)2;5-1-4(2-6)3-7/h5-7H,4H2,1-3H3;4H. The van der Waals surface area contributed by atoms with Gasteiger partial charge in [0.1, 0.15) is 6.17 Å². The summed E-state index contributed by atoms with van der Waals surface area (Å²) in [6, 6.07) is 4.44. The quantitative estimate of drug-likeness (QED) is 0.711. The van der Waals surface area contributed by atoms with E-state index in [0.29, 0.717) is 6.17 Å². The number of hydroxylamine groups is 2. The molecule has 0 amide bonds. The fourth-order valence-electron chi connectivity index (χ4n) is 0.986. The lowest BCUT2D eigenvalue weighted by molar-refractivity contribution is -0.152. The van der Waals surface area contributed by atoms with E-state index < -0.39 is 5.92 Å². The first-order chi connectivity index (χ1) is 8.10. The van der Waals surface area contributed by atoms with E-state index in [4.69, 9.17) is 20.6 Å². The van der Waals surface area contributed by atoms with Crippen LogP contribution < -0.4 is 0 Å². The monoisotopic (exact) mass is 233 g/mol. The van der Waals surface area contributed by atoms with Crippen molar-refractivity contribution in [2.45, 2.75) is 20.0 Å². The smallest absolute Gasteiger partial charge is 0.218 e. The van der Waals surface area contributed by atoms with Gasteiger partial charge >= 0.3 is 0 Å². The van der Waals surface area contributed by atoms with E-state index in [-0.39, 0.29) is 0 Å².